The molecule has 354 valence electrons. The summed E-state index contributed by atoms with van der Waals surface area (Å²) in [5.41, 5.74) is 4.74. The summed E-state index contributed by atoms with van der Waals surface area (Å²) in [6.45, 7) is 23.1. The Bertz CT molecular complexity index is 2380. The minimum atomic E-state index is -1.02. The number of aliphatic hydroxyl groups is 1. The van der Waals surface area contributed by atoms with E-state index in [0.717, 1.165) is 22.5 Å². The number of esters is 3. The van der Waals surface area contributed by atoms with Gasteiger partial charge in [-0.1, -0.05) is 81.4 Å². The van der Waals surface area contributed by atoms with E-state index in [4.69, 9.17) is 19.3 Å². The highest BCUT2D eigenvalue weighted by Gasteiger charge is 2.34. The first-order valence-corrected chi connectivity index (χ1v) is 22.0. The molecule has 0 saturated carbocycles. The topological polar surface area (TPSA) is 195 Å². The van der Waals surface area contributed by atoms with Crippen LogP contribution in [-0.4, -0.2) is 65.0 Å². The molecular weight excluding hydrogens is 841 g/mol. The maximum absolute atomic E-state index is 13.8. The molecule has 66 heavy (non-hydrogen) atoms. The molecule has 0 bridgehead atoms. The second-order valence-corrected chi connectivity index (χ2v) is 18.2. The van der Waals surface area contributed by atoms with Crippen molar-refractivity contribution in [2.75, 3.05) is 23.8 Å². The smallest absolute Gasteiger partial charge is 0.333 e. The predicted octanol–water partition coefficient (Wildman–Crippen LogP) is 10.7. The van der Waals surface area contributed by atoms with Crippen LogP contribution in [0.1, 0.15) is 131 Å². The Kier molecular flexibility index (Phi) is 19.2. The fraction of sp³-hybridized carbons (Fsp3) is 0.396. The first-order chi connectivity index (χ1) is 30.9. The molecule has 5 rings (SSSR count). The van der Waals surface area contributed by atoms with Gasteiger partial charge in [-0.2, -0.15) is 0 Å². The van der Waals surface area contributed by atoms with Crippen LogP contribution >= 0.6 is 0 Å². The molecule has 4 aromatic rings. The molecule has 13 heteroatoms. The lowest BCUT2D eigenvalue weighted by Gasteiger charge is -2.24. The van der Waals surface area contributed by atoms with Gasteiger partial charge in [0.1, 0.15) is 25.9 Å². The Hall–Kier alpha value is -6.60. The van der Waals surface area contributed by atoms with Crippen molar-refractivity contribution in [1.82, 2.24) is 0 Å². The number of hydrogen-bond acceptors (Lipinski definition) is 12. The first kappa shape index (κ1) is 53.7. The summed E-state index contributed by atoms with van der Waals surface area (Å²) < 4.78 is 15.2. The average Bonchev–Trinajstić information content (AvgIpc) is 3.30. The van der Waals surface area contributed by atoms with Crippen LogP contribution in [0.15, 0.2) is 97.1 Å². The predicted molar refractivity (Wildman–Crippen MR) is 256 cm³/mol. The lowest BCUT2D eigenvalue weighted by atomic mass is 9.82. The van der Waals surface area contributed by atoms with Gasteiger partial charge >= 0.3 is 23.9 Å². The van der Waals surface area contributed by atoms with E-state index in [0.29, 0.717) is 52.9 Å². The molecule has 13 nitrogen and oxygen atoms in total. The Labute approximate surface area is 389 Å². The van der Waals surface area contributed by atoms with E-state index >= 15 is 0 Å². The highest BCUT2D eigenvalue weighted by molar-refractivity contribution is 6.32. The van der Waals surface area contributed by atoms with Crippen LogP contribution in [0.4, 0.5) is 22.7 Å². The summed E-state index contributed by atoms with van der Waals surface area (Å²) in [5.74, 6) is -2.31. The Morgan fingerprint density at radius 2 is 1.03 bits per heavy atom. The van der Waals surface area contributed by atoms with Gasteiger partial charge in [0.25, 0.3) is 0 Å². The van der Waals surface area contributed by atoms with Crippen LogP contribution in [-0.2, 0) is 40.0 Å². The van der Waals surface area contributed by atoms with Gasteiger partial charge in [0.05, 0.1) is 38.7 Å². The minimum absolute atomic E-state index is 0.182. The van der Waals surface area contributed by atoms with Crippen LogP contribution < -0.4 is 10.6 Å². The van der Waals surface area contributed by atoms with Gasteiger partial charge in [-0.25, -0.2) is 4.79 Å². The third-order valence-corrected chi connectivity index (χ3v) is 11.5. The number of carboxylic acid groups (broad SMARTS) is 1. The van der Waals surface area contributed by atoms with E-state index in [1.54, 1.807) is 52.0 Å². The monoisotopic (exact) mass is 906 g/mol. The molecule has 4 aromatic carbocycles. The van der Waals surface area contributed by atoms with E-state index in [1.165, 1.54) is 6.92 Å². The second kappa shape index (κ2) is 23.5. The van der Waals surface area contributed by atoms with Crippen LogP contribution in [0.25, 0.3) is 0 Å². The molecule has 0 radical (unpaired) electrons. The van der Waals surface area contributed by atoms with Gasteiger partial charge in [0.15, 0.2) is 11.6 Å². The Balaban J connectivity index is 0.000000368. The van der Waals surface area contributed by atoms with Crippen molar-refractivity contribution in [3.8, 4) is 0 Å². The molecule has 0 aromatic heterocycles. The number of benzene rings is 4. The second-order valence-electron chi connectivity index (χ2n) is 18.2. The van der Waals surface area contributed by atoms with Crippen molar-refractivity contribution in [3.63, 3.8) is 0 Å². The van der Waals surface area contributed by atoms with Gasteiger partial charge in [0, 0.05) is 28.1 Å². The first-order valence-electron chi connectivity index (χ1n) is 22.0. The summed E-state index contributed by atoms with van der Waals surface area (Å²) in [7, 11) is 0. The summed E-state index contributed by atoms with van der Waals surface area (Å²) in [6.07, 6.45) is 1.00. The molecular formula is C53H66N2O11. The Morgan fingerprint density at radius 3 is 1.42 bits per heavy atom. The number of hydrogen-bond donors (Lipinski definition) is 4. The third-order valence-electron chi connectivity index (χ3n) is 11.5. The van der Waals surface area contributed by atoms with Crippen molar-refractivity contribution >= 4 is 58.2 Å². The maximum Gasteiger partial charge on any atom is 0.333 e. The van der Waals surface area contributed by atoms with Crippen LogP contribution in [0.3, 0.4) is 0 Å². The molecule has 4 N–H and O–H groups in total. The van der Waals surface area contributed by atoms with Crippen molar-refractivity contribution in [3.05, 3.63) is 130 Å². The number of aryl methyl sites for hydroxylation is 1. The quantitative estimate of drug-likeness (QED) is 0.0391. The largest absolute Gasteiger partial charge is 0.481 e. The number of aliphatic carboxylic acids is 1. The van der Waals surface area contributed by atoms with Crippen LogP contribution in [0.5, 0.6) is 0 Å². The van der Waals surface area contributed by atoms with Gasteiger partial charge in [-0.3, -0.25) is 24.0 Å². The SMILES string of the molecule is C=C(C)C(=O)OCC(O)COC(=O)C(C)(C)CC.CCC(C)(C)C(=O)O.CCC(C)(C)C(=O)OCc1ccc(Nc2ccc(Nc3ccc(C)cc3)c3c2C(=O)c2ccccc2C3=O)cc1. The number of anilines is 4. The van der Waals surface area contributed by atoms with Crippen LogP contribution in [0, 0.1) is 23.2 Å². The van der Waals surface area contributed by atoms with E-state index in [-0.39, 0.29) is 48.9 Å². The number of aliphatic hydroxyl groups excluding tert-OH is 1. The van der Waals surface area contributed by atoms with E-state index < -0.39 is 34.3 Å². The zero-order valence-electron chi connectivity index (χ0n) is 40.2. The number of carboxylic acids is 1. The zero-order chi connectivity index (χ0) is 49.6. The summed E-state index contributed by atoms with van der Waals surface area (Å²) in [6, 6.07) is 25.9. The molecule has 0 amide bonds. The van der Waals surface area contributed by atoms with E-state index in [9.17, 15) is 33.9 Å². The molecule has 0 heterocycles. The summed E-state index contributed by atoms with van der Waals surface area (Å²) in [5, 5.41) is 24.6. The van der Waals surface area contributed by atoms with Gasteiger partial charge < -0.3 is 35.1 Å². The van der Waals surface area contributed by atoms with Gasteiger partial charge in [0.2, 0.25) is 0 Å². The lowest BCUT2D eigenvalue weighted by molar-refractivity contribution is -0.159. The summed E-state index contributed by atoms with van der Waals surface area (Å²) >= 11 is 0. The number of carbonyl (C=O) groups is 6. The van der Waals surface area contributed by atoms with E-state index in [2.05, 4.69) is 17.2 Å². The van der Waals surface area contributed by atoms with E-state index in [1.807, 2.05) is 102 Å². The third kappa shape index (κ3) is 14.7. The molecule has 0 saturated heterocycles. The number of rotatable bonds is 17. The summed E-state index contributed by atoms with van der Waals surface area (Å²) in [4.78, 5) is 72.7. The minimum Gasteiger partial charge on any atom is -0.481 e. The van der Waals surface area contributed by atoms with Crippen molar-refractivity contribution in [2.24, 2.45) is 16.2 Å². The van der Waals surface area contributed by atoms with Crippen molar-refractivity contribution in [1.29, 1.82) is 0 Å². The number of ketones is 2. The fourth-order valence-corrected chi connectivity index (χ4v) is 5.56. The molecule has 0 aliphatic heterocycles. The fourth-order valence-electron chi connectivity index (χ4n) is 5.56. The average molecular weight is 907 g/mol. The molecule has 1 aliphatic rings. The highest BCUT2D eigenvalue weighted by Crippen LogP contribution is 2.39. The zero-order valence-corrected chi connectivity index (χ0v) is 40.2. The molecule has 1 aliphatic carbocycles. The Morgan fingerprint density at radius 1 is 0.621 bits per heavy atom. The molecule has 0 spiro atoms. The number of fused-ring (bicyclic) bond motifs is 2. The number of carbonyl (C=O) groups excluding carboxylic acids is 5. The van der Waals surface area contributed by atoms with Gasteiger partial charge in [-0.05, 0) is 117 Å². The normalized spacial score (nSPS) is 12.4. The number of nitrogens with one attached hydrogen (secondary N) is 2. The van der Waals surface area contributed by atoms with Gasteiger partial charge in [-0.15, -0.1) is 0 Å². The maximum atomic E-state index is 13.8. The highest BCUT2D eigenvalue weighted by atomic mass is 16.6. The molecule has 1 unspecified atom stereocenters. The molecule has 1 atom stereocenters. The van der Waals surface area contributed by atoms with Crippen LogP contribution in [0.2, 0.25) is 0 Å². The number of ether oxygens (including phenoxy) is 3. The standard InChI is InChI=1S/C34H32N2O4.C13H22O5.C6H12O2/c1-5-34(3,4)33(39)40-20-22-12-16-24(17-13-22)36-28-19-18-27(35-23-14-10-21(2)11-15-23)29-30(28)32(38)26-9-7-6-8-25(26)31(29)37;1-6-13(4,5)12(16)18-8-10(14)7-17-11(15)9(2)3;1-4-6(2,3)5(7)8/h6-19,35-36H,5,20H2,1-4H3;10,14H,2,6-8H2,1,3-5H3;4H2,1-3H3,(H,7,8). The molecule has 0 fully saturated rings. The lowest BCUT2D eigenvalue weighted by Crippen LogP contribution is -2.31. The van der Waals surface area contributed by atoms with Crippen molar-refractivity contribution in [2.45, 2.75) is 108 Å². The van der Waals surface area contributed by atoms with Crippen molar-refractivity contribution < 1.29 is 53.2 Å².